The molecule has 2 aliphatic heterocycles. The summed E-state index contributed by atoms with van der Waals surface area (Å²) >= 11 is 1.53. The molecule has 0 radical (unpaired) electrons. The van der Waals surface area contributed by atoms with Crippen LogP contribution in [0, 0.1) is 19.8 Å². The van der Waals surface area contributed by atoms with E-state index in [-0.39, 0.29) is 24.1 Å². The van der Waals surface area contributed by atoms with Gasteiger partial charge in [-0.1, -0.05) is 36.9 Å². The van der Waals surface area contributed by atoms with E-state index in [1.165, 1.54) is 17.3 Å². The SMILES string of the molecule is CCCN1C(=O)c2ccccc2Sc2cc(NC(=O)[C@H]3CC(=O)N(c4ccc(C)c(C)c4)C3)ccc21. The van der Waals surface area contributed by atoms with Crippen LogP contribution in [0.5, 0.6) is 0 Å². The highest BCUT2D eigenvalue weighted by molar-refractivity contribution is 7.99. The fourth-order valence-electron chi connectivity index (χ4n) is 4.72. The second-order valence-electron chi connectivity index (χ2n) is 9.40. The lowest BCUT2D eigenvalue weighted by atomic mass is 10.1. The first kappa shape index (κ1) is 24.1. The van der Waals surface area contributed by atoms with Gasteiger partial charge in [-0.25, -0.2) is 0 Å². The van der Waals surface area contributed by atoms with Gasteiger partial charge in [-0.05, 0) is 73.9 Å². The number of hydrogen-bond acceptors (Lipinski definition) is 4. The number of nitrogens with one attached hydrogen (secondary N) is 1. The molecule has 5 rings (SSSR count). The van der Waals surface area contributed by atoms with Gasteiger partial charge in [0.05, 0.1) is 17.2 Å². The van der Waals surface area contributed by atoms with Crippen molar-refractivity contribution in [2.45, 2.75) is 43.4 Å². The third-order valence-corrected chi connectivity index (χ3v) is 7.97. The van der Waals surface area contributed by atoms with E-state index in [4.69, 9.17) is 0 Å². The van der Waals surface area contributed by atoms with Gasteiger partial charge in [0.1, 0.15) is 0 Å². The molecule has 36 heavy (non-hydrogen) atoms. The molecule has 0 unspecified atom stereocenters. The minimum absolute atomic E-state index is 0.00797. The monoisotopic (exact) mass is 499 g/mol. The summed E-state index contributed by atoms with van der Waals surface area (Å²) in [6, 6.07) is 19.2. The lowest BCUT2D eigenvalue weighted by Crippen LogP contribution is -2.31. The maximum Gasteiger partial charge on any atom is 0.259 e. The van der Waals surface area contributed by atoms with Crippen LogP contribution in [0.4, 0.5) is 17.1 Å². The van der Waals surface area contributed by atoms with Crippen molar-refractivity contribution in [2.75, 3.05) is 28.2 Å². The number of anilines is 3. The molecule has 0 bridgehead atoms. The van der Waals surface area contributed by atoms with Crippen LogP contribution in [0.25, 0.3) is 0 Å². The van der Waals surface area contributed by atoms with E-state index < -0.39 is 5.92 Å². The fourth-order valence-corrected chi connectivity index (χ4v) is 5.84. The van der Waals surface area contributed by atoms with Crippen molar-refractivity contribution in [1.82, 2.24) is 0 Å². The number of benzene rings is 3. The van der Waals surface area contributed by atoms with Crippen LogP contribution < -0.4 is 15.1 Å². The minimum Gasteiger partial charge on any atom is -0.326 e. The van der Waals surface area contributed by atoms with Crippen LogP contribution in [0.1, 0.15) is 41.3 Å². The number of carbonyl (C=O) groups is 3. The van der Waals surface area contributed by atoms with E-state index in [1.54, 1.807) is 4.90 Å². The summed E-state index contributed by atoms with van der Waals surface area (Å²) in [4.78, 5) is 44.5. The molecule has 3 aromatic carbocycles. The normalized spacial score (nSPS) is 17.0. The molecular formula is C29H29N3O3S. The van der Waals surface area contributed by atoms with Gasteiger partial charge in [0, 0.05) is 40.7 Å². The van der Waals surface area contributed by atoms with Gasteiger partial charge >= 0.3 is 0 Å². The van der Waals surface area contributed by atoms with Crippen molar-refractivity contribution >= 4 is 46.5 Å². The van der Waals surface area contributed by atoms with E-state index >= 15 is 0 Å². The van der Waals surface area contributed by atoms with E-state index in [2.05, 4.69) is 12.2 Å². The highest BCUT2D eigenvalue weighted by Gasteiger charge is 2.35. The molecule has 0 spiro atoms. The lowest BCUT2D eigenvalue weighted by Gasteiger charge is -2.23. The van der Waals surface area contributed by atoms with Gasteiger partial charge in [-0.15, -0.1) is 0 Å². The molecular weight excluding hydrogens is 470 g/mol. The molecule has 0 aliphatic carbocycles. The molecule has 1 N–H and O–H groups in total. The number of aryl methyl sites for hydroxylation is 2. The van der Waals surface area contributed by atoms with Crippen molar-refractivity contribution in [3.8, 4) is 0 Å². The second kappa shape index (κ2) is 9.82. The van der Waals surface area contributed by atoms with Crippen LogP contribution in [0.15, 0.2) is 70.5 Å². The average molecular weight is 500 g/mol. The molecule has 1 saturated heterocycles. The van der Waals surface area contributed by atoms with Crippen LogP contribution in [-0.2, 0) is 9.59 Å². The zero-order valence-electron chi connectivity index (χ0n) is 20.7. The standard InChI is InChI=1S/C29H29N3O3S/c1-4-13-31-24-12-10-21(16-26(24)36-25-8-6-5-7-23(25)29(31)35)30-28(34)20-15-27(33)32(17-20)22-11-9-18(2)19(3)14-22/h5-12,14,16,20H,4,13,15,17H2,1-3H3,(H,30,34)/t20-/m0/s1. The Morgan fingerprint density at radius 3 is 2.58 bits per heavy atom. The van der Waals surface area contributed by atoms with Crippen molar-refractivity contribution < 1.29 is 14.4 Å². The number of hydrogen-bond donors (Lipinski definition) is 1. The summed E-state index contributed by atoms with van der Waals surface area (Å²) < 4.78 is 0. The quantitative estimate of drug-likeness (QED) is 0.481. The fraction of sp³-hybridized carbons (Fsp3) is 0.276. The first-order valence-electron chi connectivity index (χ1n) is 12.3. The Balaban J connectivity index is 1.36. The molecule has 184 valence electrons. The Morgan fingerprint density at radius 1 is 1.00 bits per heavy atom. The Kier molecular flexibility index (Phi) is 6.58. The Hall–Kier alpha value is -3.58. The van der Waals surface area contributed by atoms with Gasteiger partial charge in [0.2, 0.25) is 11.8 Å². The van der Waals surface area contributed by atoms with Crippen LogP contribution in [0.2, 0.25) is 0 Å². The number of fused-ring (bicyclic) bond motifs is 2. The summed E-state index contributed by atoms with van der Waals surface area (Å²) in [7, 11) is 0. The maximum absolute atomic E-state index is 13.3. The predicted octanol–water partition coefficient (Wildman–Crippen LogP) is 5.82. The average Bonchev–Trinajstić information content (AvgIpc) is 3.21. The minimum atomic E-state index is -0.426. The van der Waals surface area contributed by atoms with E-state index in [9.17, 15) is 14.4 Å². The third-order valence-electron chi connectivity index (χ3n) is 6.85. The van der Waals surface area contributed by atoms with Crippen LogP contribution >= 0.6 is 11.8 Å². The maximum atomic E-state index is 13.3. The Labute approximate surface area is 215 Å². The van der Waals surface area contributed by atoms with Crippen molar-refractivity contribution in [3.63, 3.8) is 0 Å². The number of nitrogens with zero attached hydrogens (tertiary/aromatic N) is 2. The molecule has 0 saturated carbocycles. The molecule has 1 fully saturated rings. The van der Waals surface area contributed by atoms with Gasteiger partial charge in [0.15, 0.2) is 0 Å². The van der Waals surface area contributed by atoms with E-state index in [0.29, 0.717) is 24.3 Å². The summed E-state index contributed by atoms with van der Waals surface area (Å²) in [5.41, 5.74) is 5.31. The van der Waals surface area contributed by atoms with Crippen molar-refractivity contribution in [2.24, 2.45) is 5.92 Å². The zero-order chi connectivity index (χ0) is 25.4. The van der Waals surface area contributed by atoms with Gasteiger partial charge in [-0.3, -0.25) is 14.4 Å². The molecule has 0 aromatic heterocycles. The highest BCUT2D eigenvalue weighted by Crippen LogP contribution is 2.42. The topological polar surface area (TPSA) is 69.7 Å². The molecule has 6 nitrogen and oxygen atoms in total. The van der Waals surface area contributed by atoms with Crippen molar-refractivity contribution in [1.29, 1.82) is 0 Å². The summed E-state index contributed by atoms with van der Waals surface area (Å²) in [5, 5.41) is 3.01. The van der Waals surface area contributed by atoms with Gasteiger partial charge in [0.25, 0.3) is 5.91 Å². The predicted molar refractivity (Wildman–Crippen MR) is 144 cm³/mol. The molecule has 3 aromatic rings. The summed E-state index contributed by atoms with van der Waals surface area (Å²) in [6.07, 6.45) is 1.02. The summed E-state index contributed by atoms with van der Waals surface area (Å²) in [6.45, 7) is 7.09. The summed E-state index contributed by atoms with van der Waals surface area (Å²) in [5.74, 6) is -0.646. The first-order chi connectivity index (χ1) is 17.4. The van der Waals surface area contributed by atoms with Crippen molar-refractivity contribution in [3.05, 3.63) is 77.4 Å². The Morgan fingerprint density at radius 2 is 1.81 bits per heavy atom. The molecule has 1 atom stereocenters. The number of carbonyl (C=O) groups excluding carboxylic acids is 3. The largest absolute Gasteiger partial charge is 0.326 e. The lowest BCUT2D eigenvalue weighted by molar-refractivity contribution is -0.122. The van der Waals surface area contributed by atoms with Crippen LogP contribution in [-0.4, -0.2) is 30.8 Å². The smallest absolute Gasteiger partial charge is 0.259 e. The molecule has 7 heteroatoms. The first-order valence-corrected chi connectivity index (χ1v) is 13.1. The Bertz CT molecular complexity index is 1370. The van der Waals surface area contributed by atoms with Gasteiger partial charge < -0.3 is 15.1 Å². The molecule has 3 amide bonds. The van der Waals surface area contributed by atoms with Crippen LogP contribution in [0.3, 0.4) is 0 Å². The number of amides is 3. The van der Waals surface area contributed by atoms with E-state index in [1.807, 2.05) is 79.4 Å². The van der Waals surface area contributed by atoms with Gasteiger partial charge in [-0.2, -0.15) is 0 Å². The second-order valence-corrected chi connectivity index (χ2v) is 10.5. The third kappa shape index (κ3) is 4.51. The number of rotatable bonds is 5. The van der Waals surface area contributed by atoms with E-state index in [0.717, 1.165) is 33.2 Å². The highest BCUT2D eigenvalue weighted by atomic mass is 32.2. The molecule has 2 heterocycles. The zero-order valence-corrected chi connectivity index (χ0v) is 21.5. The molecule has 2 aliphatic rings.